The Morgan fingerprint density at radius 2 is 2.38 bits per heavy atom. The highest BCUT2D eigenvalue weighted by Crippen LogP contribution is 2.06. The van der Waals surface area contributed by atoms with E-state index in [0.29, 0.717) is 0 Å². The fourth-order valence-electron chi connectivity index (χ4n) is 0.818. The van der Waals surface area contributed by atoms with E-state index in [1.165, 1.54) is 0 Å². The van der Waals surface area contributed by atoms with Gasteiger partial charge in [0.1, 0.15) is 13.7 Å². The first kappa shape index (κ1) is 6.11. The van der Waals surface area contributed by atoms with Gasteiger partial charge in [-0.3, -0.25) is 0 Å². The molecule has 1 rings (SSSR count). The van der Waals surface area contributed by atoms with E-state index in [0.717, 1.165) is 19.6 Å². The van der Waals surface area contributed by atoms with Crippen molar-refractivity contribution in [2.75, 3.05) is 20.3 Å². The minimum Gasteiger partial charge on any atom is -0.506 e. The zero-order valence-electron chi connectivity index (χ0n) is 5.52. The van der Waals surface area contributed by atoms with Gasteiger partial charge in [-0.2, -0.15) is 0 Å². The lowest BCUT2D eigenvalue weighted by atomic mass is 9.93. The van der Waals surface area contributed by atoms with Gasteiger partial charge < -0.3 is 8.94 Å². The van der Waals surface area contributed by atoms with Gasteiger partial charge in [-0.25, -0.2) is 0 Å². The van der Waals surface area contributed by atoms with Crippen LogP contribution >= 0.6 is 0 Å². The molecule has 0 aromatic heterocycles. The van der Waals surface area contributed by atoms with Crippen molar-refractivity contribution < 1.29 is 8.94 Å². The maximum absolute atomic E-state index is 5.28. The largest absolute Gasteiger partial charge is 0.691 e. The average Bonchev–Trinajstić information content (AvgIpc) is 1.77. The quantitative estimate of drug-likeness (QED) is 0.334. The Labute approximate surface area is 50.6 Å². The van der Waals surface area contributed by atoms with Crippen LogP contribution in [0.15, 0.2) is 0 Å². The second kappa shape index (κ2) is 2.51. The van der Waals surface area contributed by atoms with Crippen molar-refractivity contribution >= 4 is 7.12 Å². The van der Waals surface area contributed by atoms with E-state index in [1.807, 2.05) is 13.9 Å². The van der Waals surface area contributed by atoms with Crippen LogP contribution in [-0.4, -0.2) is 27.4 Å². The Hall–Kier alpha value is -0.0151. The summed E-state index contributed by atoms with van der Waals surface area (Å²) < 4.78 is 8.21. The lowest BCUT2D eigenvalue weighted by molar-refractivity contribution is -0.0239. The van der Waals surface area contributed by atoms with E-state index in [9.17, 15) is 0 Å². The van der Waals surface area contributed by atoms with Crippen LogP contribution < -0.4 is 0 Å². The Balaban J connectivity index is 2.28. The van der Waals surface area contributed by atoms with E-state index in [2.05, 4.69) is 4.28 Å². The summed E-state index contributed by atoms with van der Waals surface area (Å²) in [6.07, 6.45) is 1.14. The SMILES string of the molecule is CB1OCCC[O+]1C. The molecule has 0 aromatic carbocycles. The Morgan fingerprint density at radius 1 is 1.62 bits per heavy atom. The molecule has 0 bridgehead atoms. The van der Waals surface area contributed by atoms with Crippen LogP contribution in [0.4, 0.5) is 0 Å². The smallest absolute Gasteiger partial charge is 0.506 e. The molecule has 46 valence electrons. The molecular formula is C5H12BO2+. The summed E-state index contributed by atoms with van der Waals surface area (Å²) in [6, 6.07) is 0. The van der Waals surface area contributed by atoms with Crippen molar-refractivity contribution in [3.8, 4) is 0 Å². The van der Waals surface area contributed by atoms with Gasteiger partial charge in [0.15, 0.2) is 0 Å². The molecule has 1 saturated heterocycles. The van der Waals surface area contributed by atoms with Gasteiger partial charge in [0.05, 0.1) is 0 Å². The third kappa shape index (κ3) is 1.23. The topological polar surface area (TPSA) is 11.9 Å². The number of hydrogen-bond donors (Lipinski definition) is 0. The van der Waals surface area contributed by atoms with Crippen molar-refractivity contribution in [2.24, 2.45) is 0 Å². The molecule has 0 unspecified atom stereocenters. The molecule has 0 N–H and O–H groups in total. The van der Waals surface area contributed by atoms with Crippen LogP contribution in [0, 0.1) is 0 Å². The van der Waals surface area contributed by atoms with Crippen LogP contribution in [0.3, 0.4) is 0 Å². The van der Waals surface area contributed by atoms with Gasteiger partial charge in [0.2, 0.25) is 0 Å². The van der Waals surface area contributed by atoms with E-state index in [-0.39, 0.29) is 7.12 Å². The second-order valence-corrected chi connectivity index (χ2v) is 2.19. The second-order valence-electron chi connectivity index (χ2n) is 2.19. The molecule has 0 aliphatic carbocycles. The summed E-state index contributed by atoms with van der Waals surface area (Å²) >= 11 is 0. The fourth-order valence-corrected chi connectivity index (χ4v) is 0.818. The first-order valence-electron chi connectivity index (χ1n) is 3.03. The molecule has 3 heteroatoms. The normalized spacial score (nSPS) is 24.0. The molecule has 8 heavy (non-hydrogen) atoms. The Bertz CT molecular complexity index is 66.8. The first-order valence-corrected chi connectivity index (χ1v) is 3.03. The summed E-state index contributed by atoms with van der Waals surface area (Å²) in [5, 5.41) is 0. The van der Waals surface area contributed by atoms with Gasteiger partial charge in [-0.15, -0.1) is 0 Å². The summed E-state index contributed by atoms with van der Waals surface area (Å²) in [7, 11) is 2.26. The molecule has 1 heterocycles. The minimum absolute atomic E-state index is 0.253. The third-order valence-corrected chi connectivity index (χ3v) is 1.53. The van der Waals surface area contributed by atoms with Gasteiger partial charge in [0.25, 0.3) is 0 Å². The Morgan fingerprint density at radius 3 is 2.75 bits per heavy atom. The molecule has 0 spiro atoms. The van der Waals surface area contributed by atoms with Crippen molar-refractivity contribution in [3.63, 3.8) is 0 Å². The molecule has 0 radical (unpaired) electrons. The fraction of sp³-hybridized carbons (Fsp3) is 1.00. The first-order chi connectivity index (χ1) is 3.80. The lowest BCUT2D eigenvalue weighted by Crippen LogP contribution is -2.35. The molecule has 0 atom stereocenters. The molecule has 2 nitrogen and oxygen atoms in total. The van der Waals surface area contributed by atoms with E-state index in [4.69, 9.17) is 4.65 Å². The van der Waals surface area contributed by atoms with Crippen molar-refractivity contribution in [1.82, 2.24) is 0 Å². The molecule has 1 fully saturated rings. The maximum atomic E-state index is 5.28. The molecule has 0 aromatic rings. The predicted molar refractivity (Wildman–Crippen MR) is 34.1 cm³/mol. The molecule has 1 aliphatic rings. The van der Waals surface area contributed by atoms with Crippen LogP contribution in [0.5, 0.6) is 0 Å². The highest BCUT2D eigenvalue weighted by Gasteiger charge is 2.30. The van der Waals surface area contributed by atoms with Gasteiger partial charge in [-0.1, -0.05) is 0 Å². The van der Waals surface area contributed by atoms with Gasteiger partial charge in [-0.05, 0) is 0 Å². The maximum Gasteiger partial charge on any atom is 0.691 e. The zero-order chi connectivity index (χ0) is 5.98. The average molecular weight is 115 g/mol. The van der Waals surface area contributed by atoms with E-state index >= 15 is 0 Å². The lowest BCUT2D eigenvalue weighted by Gasteiger charge is -2.22. The van der Waals surface area contributed by atoms with Crippen LogP contribution in [0.1, 0.15) is 6.42 Å². The summed E-state index contributed by atoms with van der Waals surface area (Å²) in [5.74, 6) is 0. The number of rotatable bonds is 0. The molecule has 1 aliphatic heterocycles. The summed E-state index contributed by atoms with van der Waals surface area (Å²) in [6.45, 7) is 4.06. The highest BCUT2D eigenvalue weighted by atomic mass is 16.7. The van der Waals surface area contributed by atoms with E-state index in [1.54, 1.807) is 0 Å². The molecule has 0 amide bonds. The standard InChI is InChI=1S/C5H12BO2/c1-6-7-4-3-5-8(6)2/h3-5H2,1-2H3/q+1. The van der Waals surface area contributed by atoms with Gasteiger partial charge >= 0.3 is 7.12 Å². The highest BCUT2D eigenvalue weighted by molar-refractivity contribution is 6.43. The van der Waals surface area contributed by atoms with Crippen LogP contribution in [0.25, 0.3) is 0 Å². The Kier molecular flexibility index (Phi) is 1.92. The predicted octanol–water partition coefficient (Wildman–Crippen LogP) is 0.707. The summed E-state index contributed by atoms with van der Waals surface area (Å²) in [4.78, 5) is 0. The van der Waals surface area contributed by atoms with Crippen molar-refractivity contribution in [2.45, 2.75) is 13.2 Å². The van der Waals surface area contributed by atoms with Crippen molar-refractivity contribution in [3.05, 3.63) is 0 Å². The monoisotopic (exact) mass is 115 g/mol. The van der Waals surface area contributed by atoms with Crippen molar-refractivity contribution in [1.29, 1.82) is 0 Å². The number of hydrogen-bond acceptors (Lipinski definition) is 1. The third-order valence-electron chi connectivity index (χ3n) is 1.53. The van der Waals surface area contributed by atoms with Gasteiger partial charge in [0, 0.05) is 19.9 Å². The molecular weight excluding hydrogens is 103 g/mol. The molecule has 0 saturated carbocycles. The van der Waals surface area contributed by atoms with E-state index < -0.39 is 0 Å². The zero-order valence-corrected chi connectivity index (χ0v) is 5.52. The summed E-state index contributed by atoms with van der Waals surface area (Å²) in [5.41, 5.74) is 0. The minimum atomic E-state index is 0.253. The van der Waals surface area contributed by atoms with Crippen LogP contribution in [-0.2, 0) is 8.94 Å². The van der Waals surface area contributed by atoms with Crippen LogP contribution in [0.2, 0.25) is 6.82 Å².